The van der Waals surface area contributed by atoms with E-state index in [1.54, 1.807) is 0 Å². The third-order valence-corrected chi connectivity index (χ3v) is 5.28. The summed E-state index contributed by atoms with van der Waals surface area (Å²) in [6.07, 6.45) is 7.26. The lowest BCUT2D eigenvalue weighted by atomic mass is 9.93. The number of hydrogen-bond donors (Lipinski definition) is 1. The highest BCUT2D eigenvalue weighted by Crippen LogP contribution is 2.34. The summed E-state index contributed by atoms with van der Waals surface area (Å²) < 4.78 is 0. The number of hydrogen-bond acceptors (Lipinski definition) is 2. The second kappa shape index (κ2) is 6.54. The third kappa shape index (κ3) is 2.76. The average Bonchev–Trinajstić information content (AvgIpc) is 3.16. The molecular formula is C19H25N3. The lowest BCUT2D eigenvalue weighted by molar-refractivity contribution is 0.176. The highest BCUT2D eigenvalue weighted by Gasteiger charge is 2.31. The van der Waals surface area contributed by atoms with Crippen LogP contribution in [0.25, 0.3) is 10.9 Å². The van der Waals surface area contributed by atoms with E-state index in [-0.39, 0.29) is 0 Å². The Bertz CT molecular complexity index is 676. The van der Waals surface area contributed by atoms with Gasteiger partial charge in [0.25, 0.3) is 0 Å². The molecule has 3 heteroatoms. The van der Waals surface area contributed by atoms with Crippen LogP contribution in [-0.4, -0.2) is 29.0 Å². The van der Waals surface area contributed by atoms with Crippen molar-refractivity contribution in [3.63, 3.8) is 0 Å². The molecule has 1 aromatic carbocycles. The number of H-pyrrole nitrogens is 1. The van der Waals surface area contributed by atoms with Gasteiger partial charge in [-0.15, -0.1) is 0 Å². The van der Waals surface area contributed by atoms with Gasteiger partial charge in [-0.1, -0.05) is 20.3 Å². The molecule has 1 saturated carbocycles. The molecule has 1 heterocycles. The quantitative estimate of drug-likeness (QED) is 0.902. The van der Waals surface area contributed by atoms with Gasteiger partial charge in [0.15, 0.2) is 0 Å². The lowest BCUT2D eigenvalue weighted by Gasteiger charge is -2.31. The zero-order valence-corrected chi connectivity index (χ0v) is 13.6. The molecule has 3 rings (SSSR count). The van der Waals surface area contributed by atoms with Gasteiger partial charge < -0.3 is 9.88 Å². The Balaban J connectivity index is 1.85. The number of benzene rings is 1. The van der Waals surface area contributed by atoms with Gasteiger partial charge in [-0.3, -0.25) is 0 Å². The predicted molar refractivity (Wildman–Crippen MR) is 90.8 cm³/mol. The second-order valence-corrected chi connectivity index (χ2v) is 6.37. The van der Waals surface area contributed by atoms with Crippen LogP contribution in [0.1, 0.15) is 44.2 Å². The SMILES string of the molecule is CCN(CC)C1CCCC1Cc1c[nH]c2ccc(C#N)cc12. The van der Waals surface area contributed by atoms with Crippen molar-refractivity contribution in [1.82, 2.24) is 9.88 Å². The van der Waals surface area contributed by atoms with Gasteiger partial charge in [0.05, 0.1) is 11.6 Å². The molecule has 0 bridgehead atoms. The van der Waals surface area contributed by atoms with E-state index in [9.17, 15) is 0 Å². The van der Waals surface area contributed by atoms with Crippen molar-refractivity contribution in [3.8, 4) is 6.07 Å². The topological polar surface area (TPSA) is 42.8 Å². The molecule has 2 unspecified atom stereocenters. The van der Waals surface area contributed by atoms with E-state index in [1.807, 2.05) is 18.2 Å². The van der Waals surface area contributed by atoms with E-state index in [0.29, 0.717) is 0 Å². The molecular weight excluding hydrogens is 270 g/mol. The fourth-order valence-electron chi connectivity index (χ4n) is 4.13. The Morgan fingerprint density at radius 1 is 1.27 bits per heavy atom. The molecule has 0 amide bonds. The van der Waals surface area contributed by atoms with Crippen LogP contribution in [0.4, 0.5) is 0 Å². The van der Waals surface area contributed by atoms with Gasteiger partial charge in [0.2, 0.25) is 0 Å². The maximum absolute atomic E-state index is 9.12. The molecule has 1 aliphatic rings. The van der Waals surface area contributed by atoms with Gasteiger partial charge in [-0.25, -0.2) is 0 Å². The van der Waals surface area contributed by atoms with Crippen LogP contribution < -0.4 is 0 Å². The fraction of sp³-hybridized carbons (Fsp3) is 0.526. The number of rotatable bonds is 5. The Kier molecular flexibility index (Phi) is 4.49. The van der Waals surface area contributed by atoms with Crippen molar-refractivity contribution >= 4 is 10.9 Å². The number of nitrogens with zero attached hydrogens (tertiary/aromatic N) is 2. The van der Waals surface area contributed by atoms with Crippen molar-refractivity contribution in [1.29, 1.82) is 5.26 Å². The summed E-state index contributed by atoms with van der Waals surface area (Å²) in [6.45, 7) is 6.82. The van der Waals surface area contributed by atoms with E-state index in [0.717, 1.165) is 42.6 Å². The normalized spacial score (nSPS) is 21.5. The fourth-order valence-corrected chi connectivity index (χ4v) is 4.13. The molecule has 0 spiro atoms. The zero-order chi connectivity index (χ0) is 15.5. The molecule has 0 saturated heterocycles. The van der Waals surface area contributed by atoms with Crippen LogP contribution in [0.5, 0.6) is 0 Å². The minimum atomic E-state index is 0.721. The Morgan fingerprint density at radius 2 is 2.09 bits per heavy atom. The Hall–Kier alpha value is -1.79. The van der Waals surface area contributed by atoms with Crippen LogP contribution >= 0.6 is 0 Å². The lowest BCUT2D eigenvalue weighted by Crippen LogP contribution is -2.38. The Labute approximate surface area is 132 Å². The molecule has 1 aromatic heterocycles. The minimum Gasteiger partial charge on any atom is -0.361 e. The van der Waals surface area contributed by atoms with E-state index in [1.165, 1.54) is 30.2 Å². The highest BCUT2D eigenvalue weighted by molar-refractivity contribution is 5.84. The third-order valence-electron chi connectivity index (χ3n) is 5.28. The first kappa shape index (κ1) is 15.1. The summed E-state index contributed by atoms with van der Waals surface area (Å²) in [5.74, 6) is 0.740. The van der Waals surface area contributed by atoms with Gasteiger partial charge in [0.1, 0.15) is 0 Å². The van der Waals surface area contributed by atoms with Gasteiger partial charge >= 0.3 is 0 Å². The van der Waals surface area contributed by atoms with E-state index >= 15 is 0 Å². The van der Waals surface area contributed by atoms with Gasteiger partial charge in [-0.2, -0.15) is 5.26 Å². The van der Waals surface area contributed by atoms with Crippen LogP contribution in [0, 0.1) is 17.2 Å². The first-order chi connectivity index (χ1) is 10.8. The number of aromatic nitrogens is 1. The first-order valence-electron chi connectivity index (χ1n) is 8.51. The van der Waals surface area contributed by atoms with Crippen molar-refractivity contribution in [2.24, 2.45) is 5.92 Å². The summed E-state index contributed by atoms with van der Waals surface area (Å²) in [5, 5.41) is 10.3. The summed E-state index contributed by atoms with van der Waals surface area (Å²) in [5.41, 5.74) is 3.27. The summed E-state index contributed by atoms with van der Waals surface area (Å²) in [6, 6.07) is 8.91. The number of fused-ring (bicyclic) bond motifs is 1. The molecule has 3 nitrogen and oxygen atoms in total. The molecule has 1 aliphatic carbocycles. The average molecular weight is 295 g/mol. The minimum absolute atomic E-state index is 0.721. The summed E-state index contributed by atoms with van der Waals surface area (Å²) in [7, 11) is 0. The number of aromatic amines is 1. The molecule has 0 aliphatic heterocycles. The highest BCUT2D eigenvalue weighted by atomic mass is 15.1. The van der Waals surface area contributed by atoms with Crippen LogP contribution in [0.3, 0.4) is 0 Å². The number of nitriles is 1. The zero-order valence-electron chi connectivity index (χ0n) is 13.6. The maximum Gasteiger partial charge on any atom is 0.0991 e. The van der Waals surface area contributed by atoms with Crippen molar-refractivity contribution < 1.29 is 0 Å². The van der Waals surface area contributed by atoms with Crippen molar-refractivity contribution in [2.75, 3.05) is 13.1 Å². The molecule has 2 atom stereocenters. The summed E-state index contributed by atoms with van der Waals surface area (Å²) in [4.78, 5) is 5.98. The summed E-state index contributed by atoms with van der Waals surface area (Å²) >= 11 is 0. The molecule has 1 fully saturated rings. The smallest absolute Gasteiger partial charge is 0.0991 e. The predicted octanol–water partition coefficient (Wildman–Crippen LogP) is 4.09. The van der Waals surface area contributed by atoms with Crippen LogP contribution in [0.15, 0.2) is 24.4 Å². The van der Waals surface area contributed by atoms with Crippen molar-refractivity contribution in [3.05, 3.63) is 35.5 Å². The molecule has 1 N–H and O–H groups in total. The maximum atomic E-state index is 9.12. The van der Waals surface area contributed by atoms with E-state index in [2.05, 4.69) is 36.0 Å². The number of nitrogens with one attached hydrogen (secondary N) is 1. The molecule has 22 heavy (non-hydrogen) atoms. The molecule has 2 aromatic rings. The van der Waals surface area contributed by atoms with E-state index in [4.69, 9.17) is 5.26 Å². The standard InChI is InChI=1S/C19H25N3/c1-3-22(4-2)19-7-5-6-15(19)11-16-13-21-18-9-8-14(12-20)10-17(16)18/h8-10,13,15,19,21H,3-7,11H2,1-2H3. The monoisotopic (exact) mass is 295 g/mol. The Morgan fingerprint density at radius 3 is 2.82 bits per heavy atom. The first-order valence-corrected chi connectivity index (χ1v) is 8.51. The largest absolute Gasteiger partial charge is 0.361 e. The molecule has 116 valence electrons. The second-order valence-electron chi connectivity index (χ2n) is 6.37. The molecule has 0 radical (unpaired) electrons. The van der Waals surface area contributed by atoms with Crippen LogP contribution in [0.2, 0.25) is 0 Å². The van der Waals surface area contributed by atoms with E-state index < -0.39 is 0 Å². The van der Waals surface area contributed by atoms with Crippen molar-refractivity contribution in [2.45, 2.75) is 45.6 Å². The van der Waals surface area contributed by atoms with Gasteiger partial charge in [0, 0.05) is 23.1 Å². The van der Waals surface area contributed by atoms with Gasteiger partial charge in [-0.05, 0) is 62.0 Å². The van der Waals surface area contributed by atoms with Crippen LogP contribution in [-0.2, 0) is 6.42 Å².